The zero-order valence-corrected chi connectivity index (χ0v) is 12.4. The fraction of sp³-hybridized carbons (Fsp3) is 0.867. The summed E-state index contributed by atoms with van der Waals surface area (Å²) in [7, 11) is 1.66. The van der Waals surface area contributed by atoms with Gasteiger partial charge < -0.3 is 16.0 Å². The highest BCUT2D eigenvalue weighted by atomic mass is 16.2. The molecule has 3 atom stereocenters. The third kappa shape index (κ3) is 3.51. The van der Waals surface area contributed by atoms with Crippen molar-refractivity contribution in [3.63, 3.8) is 0 Å². The van der Waals surface area contributed by atoms with Crippen molar-refractivity contribution in [3.05, 3.63) is 0 Å². The second kappa shape index (κ2) is 7.07. The molecular formula is C15H27N3O2. The quantitative estimate of drug-likeness (QED) is 0.801. The Bertz CT molecular complexity index is 359. The summed E-state index contributed by atoms with van der Waals surface area (Å²) in [5.74, 6) is 0.896. The maximum absolute atomic E-state index is 12.6. The van der Waals surface area contributed by atoms with Crippen LogP contribution >= 0.6 is 0 Å². The average molecular weight is 281 g/mol. The first-order chi connectivity index (χ1) is 9.65. The van der Waals surface area contributed by atoms with E-state index in [1.165, 1.54) is 0 Å². The molecule has 114 valence electrons. The molecule has 5 nitrogen and oxygen atoms in total. The molecule has 3 N–H and O–H groups in total. The van der Waals surface area contributed by atoms with Crippen LogP contribution in [0.3, 0.4) is 0 Å². The zero-order valence-electron chi connectivity index (χ0n) is 12.4. The molecule has 20 heavy (non-hydrogen) atoms. The molecule has 0 radical (unpaired) electrons. The van der Waals surface area contributed by atoms with Crippen LogP contribution < -0.4 is 11.1 Å². The van der Waals surface area contributed by atoms with Gasteiger partial charge in [0.25, 0.3) is 0 Å². The first-order valence-corrected chi connectivity index (χ1v) is 7.86. The van der Waals surface area contributed by atoms with Gasteiger partial charge in [0.1, 0.15) is 0 Å². The third-order valence-electron chi connectivity index (χ3n) is 4.82. The van der Waals surface area contributed by atoms with Crippen LogP contribution in [-0.4, -0.2) is 43.4 Å². The SMILES string of the molecule is CNC(=O)C1CCCN(C(=O)C2CCCC(CN)C2)C1. The summed E-state index contributed by atoms with van der Waals surface area (Å²) in [6.07, 6.45) is 5.98. The number of carbonyl (C=O) groups excluding carboxylic acids is 2. The van der Waals surface area contributed by atoms with E-state index in [9.17, 15) is 9.59 Å². The highest BCUT2D eigenvalue weighted by molar-refractivity contribution is 5.82. The summed E-state index contributed by atoms with van der Waals surface area (Å²) < 4.78 is 0. The van der Waals surface area contributed by atoms with Gasteiger partial charge in [0, 0.05) is 26.1 Å². The van der Waals surface area contributed by atoms with E-state index in [4.69, 9.17) is 5.73 Å². The van der Waals surface area contributed by atoms with E-state index in [2.05, 4.69) is 5.32 Å². The van der Waals surface area contributed by atoms with E-state index in [1.54, 1.807) is 7.05 Å². The van der Waals surface area contributed by atoms with Crippen molar-refractivity contribution in [2.75, 3.05) is 26.7 Å². The fourth-order valence-electron chi connectivity index (χ4n) is 3.58. The highest BCUT2D eigenvalue weighted by Crippen LogP contribution is 2.31. The molecule has 0 aromatic carbocycles. The molecular weight excluding hydrogens is 254 g/mol. The molecule has 5 heteroatoms. The van der Waals surface area contributed by atoms with Crippen molar-refractivity contribution in [1.82, 2.24) is 10.2 Å². The van der Waals surface area contributed by atoms with Gasteiger partial charge in [-0.05, 0) is 44.6 Å². The van der Waals surface area contributed by atoms with Crippen LogP contribution in [0.15, 0.2) is 0 Å². The van der Waals surface area contributed by atoms with E-state index >= 15 is 0 Å². The van der Waals surface area contributed by atoms with Crippen LogP contribution in [-0.2, 0) is 9.59 Å². The van der Waals surface area contributed by atoms with E-state index in [0.717, 1.165) is 45.1 Å². The monoisotopic (exact) mass is 281 g/mol. The molecule has 3 unspecified atom stereocenters. The summed E-state index contributed by atoms with van der Waals surface area (Å²) in [5, 5.41) is 2.70. The molecule has 2 rings (SSSR count). The lowest BCUT2D eigenvalue weighted by atomic mass is 9.80. The number of likely N-dealkylation sites (tertiary alicyclic amines) is 1. The smallest absolute Gasteiger partial charge is 0.225 e. The molecule has 0 bridgehead atoms. The van der Waals surface area contributed by atoms with E-state index in [0.29, 0.717) is 19.0 Å². The van der Waals surface area contributed by atoms with Gasteiger partial charge in [-0.1, -0.05) is 6.42 Å². The Morgan fingerprint density at radius 3 is 2.65 bits per heavy atom. The van der Waals surface area contributed by atoms with Crippen LogP contribution in [0.4, 0.5) is 0 Å². The predicted molar refractivity (Wildman–Crippen MR) is 77.9 cm³/mol. The third-order valence-corrected chi connectivity index (χ3v) is 4.82. The van der Waals surface area contributed by atoms with Gasteiger partial charge in [-0.25, -0.2) is 0 Å². The van der Waals surface area contributed by atoms with Gasteiger partial charge in [-0.15, -0.1) is 0 Å². The maximum atomic E-state index is 12.6. The number of amides is 2. The van der Waals surface area contributed by atoms with Crippen molar-refractivity contribution in [1.29, 1.82) is 0 Å². The van der Waals surface area contributed by atoms with Crippen molar-refractivity contribution in [2.45, 2.75) is 38.5 Å². The molecule has 2 aliphatic rings. The van der Waals surface area contributed by atoms with E-state index in [1.807, 2.05) is 4.90 Å². The number of rotatable bonds is 3. The minimum absolute atomic E-state index is 0.0356. The van der Waals surface area contributed by atoms with Gasteiger partial charge in [0.15, 0.2) is 0 Å². The molecule has 0 aromatic heterocycles. The van der Waals surface area contributed by atoms with Gasteiger partial charge in [0.05, 0.1) is 5.92 Å². The second-order valence-corrected chi connectivity index (χ2v) is 6.20. The number of piperidine rings is 1. The Kier molecular flexibility index (Phi) is 5.40. The molecule has 1 heterocycles. The van der Waals surface area contributed by atoms with Crippen LogP contribution in [0.1, 0.15) is 38.5 Å². The van der Waals surface area contributed by atoms with Crippen molar-refractivity contribution >= 4 is 11.8 Å². The lowest BCUT2D eigenvalue weighted by molar-refractivity contribution is -0.140. The highest BCUT2D eigenvalue weighted by Gasteiger charge is 2.33. The molecule has 0 aromatic rings. The summed E-state index contributed by atoms with van der Waals surface area (Å²) in [4.78, 5) is 26.3. The minimum Gasteiger partial charge on any atom is -0.359 e. The normalized spacial score (nSPS) is 30.9. The number of nitrogens with two attached hydrogens (primary N) is 1. The van der Waals surface area contributed by atoms with Crippen molar-refractivity contribution in [2.24, 2.45) is 23.5 Å². The van der Waals surface area contributed by atoms with Crippen LogP contribution in [0, 0.1) is 17.8 Å². The first-order valence-electron chi connectivity index (χ1n) is 7.86. The summed E-state index contributed by atoms with van der Waals surface area (Å²) >= 11 is 0. The Morgan fingerprint density at radius 1 is 1.20 bits per heavy atom. The minimum atomic E-state index is -0.0356. The lowest BCUT2D eigenvalue weighted by Gasteiger charge is -2.36. The number of nitrogens with one attached hydrogen (secondary N) is 1. The summed E-state index contributed by atoms with van der Waals surface area (Å²) in [6.45, 7) is 2.07. The fourth-order valence-corrected chi connectivity index (χ4v) is 3.58. The molecule has 1 saturated heterocycles. The van der Waals surface area contributed by atoms with Crippen molar-refractivity contribution < 1.29 is 9.59 Å². The molecule has 1 aliphatic carbocycles. The average Bonchev–Trinajstić information content (AvgIpc) is 2.53. The Morgan fingerprint density at radius 2 is 1.95 bits per heavy atom. The van der Waals surface area contributed by atoms with Crippen molar-refractivity contribution in [3.8, 4) is 0 Å². The zero-order chi connectivity index (χ0) is 14.5. The standard InChI is InChI=1S/C15H27N3O2/c1-17-14(19)13-6-3-7-18(10-13)15(20)12-5-2-4-11(8-12)9-16/h11-13H,2-10,16H2,1H3,(H,17,19). The molecule has 1 aliphatic heterocycles. The number of hydrogen-bond donors (Lipinski definition) is 2. The lowest BCUT2D eigenvalue weighted by Crippen LogP contribution is -2.47. The molecule has 2 fully saturated rings. The van der Waals surface area contributed by atoms with Crippen LogP contribution in [0.5, 0.6) is 0 Å². The van der Waals surface area contributed by atoms with E-state index < -0.39 is 0 Å². The van der Waals surface area contributed by atoms with Gasteiger partial charge in [0.2, 0.25) is 11.8 Å². The predicted octanol–water partition coefficient (Wildman–Crippen LogP) is 0.736. The number of carbonyl (C=O) groups is 2. The molecule has 0 spiro atoms. The summed E-state index contributed by atoms with van der Waals surface area (Å²) in [6, 6.07) is 0. The largest absolute Gasteiger partial charge is 0.359 e. The Balaban J connectivity index is 1.92. The van der Waals surface area contributed by atoms with Crippen LogP contribution in [0.25, 0.3) is 0 Å². The number of hydrogen-bond acceptors (Lipinski definition) is 3. The van der Waals surface area contributed by atoms with Gasteiger partial charge in [-0.2, -0.15) is 0 Å². The second-order valence-electron chi connectivity index (χ2n) is 6.20. The molecule has 1 saturated carbocycles. The Hall–Kier alpha value is -1.10. The Labute approximate surface area is 121 Å². The number of nitrogens with zero attached hydrogens (tertiary/aromatic N) is 1. The van der Waals surface area contributed by atoms with Crippen LogP contribution in [0.2, 0.25) is 0 Å². The molecule has 2 amide bonds. The summed E-state index contributed by atoms with van der Waals surface area (Å²) in [5.41, 5.74) is 5.75. The van der Waals surface area contributed by atoms with Gasteiger partial charge in [-0.3, -0.25) is 9.59 Å². The van der Waals surface area contributed by atoms with Gasteiger partial charge >= 0.3 is 0 Å². The van der Waals surface area contributed by atoms with E-state index in [-0.39, 0.29) is 23.7 Å². The first kappa shape index (κ1) is 15.3. The topological polar surface area (TPSA) is 75.4 Å². The maximum Gasteiger partial charge on any atom is 0.225 e.